The van der Waals surface area contributed by atoms with E-state index in [0.29, 0.717) is 6.61 Å². The van der Waals surface area contributed by atoms with Gasteiger partial charge in [-0.2, -0.15) is 0 Å². The van der Waals surface area contributed by atoms with E-state index >= 15 is 0 Å². The number of hydrogen-bond donors (Lipinski definition) is 0. The topological polar surface area (TPSA) is 25.4 Å². The first-order chi connectivity index (χ1) is 12.3. The van der Waals surface area contributed by atoms with E-state index in [9.17, 15) is 0 Å². The zero-order valence-corrected chi connectivity index (χ0v) is 17.0. The van der Waals surface area contributed by atoms with Crippen LogP contribution >= 0.6 is 0 Å². The molecule has 0 aromatic carbocycles. The van der Waals surface area contributed by atoms with Gasteiger partial charge in [0.2, 0.25) is 0 Å². The largest absolute Gasteiger partial charge is 0.377 e. The van der Waals surface area contributed by atoms with Gasteiger partial charge in [-0.1, -0.05) is 64.2 Å². The van der Waals surface area contributed by atoms with Crippen LogP contribution in [0.5, 0.6) is 0 Å². The lowest BCUT2D eigenvalue weighted by Crippen LogP contribution is -2.13. The summed E-state index contributed by atoms with van der Waals surface area (Å²) in [6.45, 7) is 10.2. The monoisotopic (exact) mass is 346 g/mol. The molecule has 25 heavy (non-hydrogen) atoms. The van der Waals surface area contributed by atoms with Crippen LogP contribution in [0.1, 0.15) is 65.5 Å². The van der Waals surface area contributed by atoms with Crippen molar-refractivity contribution in [2.75, 3.05) is 20.3 Å². The molecular weight excluding hydrogens is 308 g/mol. The maximum atomic E-state index is 5.44. The maximum Gasteiger partial charge on any atom is 0.0730 e. The molecule has 142 valence electrons. The van der Waals surface area contributed by atoms with Crippen LogP contribution < -0.4 is 0 Å². The molecule has 0 radical (unpaired) electrons. The van der Waals surface area contributed by atoms with E-state index in [-0.39, 0.29) is 0 Å². The molecule has 2 rings (SSSR count). The standard InChI is InChI=1S/C15H22N2O.C5H10.C2H6/c1-4-8-14(13-18-5-2)11-17(3)12-15-9-6-7-10-16-15;1-2-4-5-3-1;1-2/h4,6-11H,5,12-13H2,1-3H3;1-5H2;1-2H3/b8-4-,14-11+;;. The van der Waals surface area contributed by atoms with E-state index in [4.69, 9.17) is 4.74 Å². The van der Waals surface area contributed by atoms with Crippen LogP contribution in [0, 0.1) is 0 Å². The van der Waals surface area contributed by atoms with Gasteiger partial charge in [0, 0.05) is 26.1 Å². The second-order valence-corrected chi connectivity index (χ2v) is 5.85. The quantitative estimate of drug-likeness (QED) is 0.567. The Hall–Kier alpha value is -1.61. The molecule has 0 spiro atoms. The fourth-order valence-electron chi connectivity index (χ4n) is 2.52. The fraction of sp³-hybridized carbons (Fsp3) is 0.591. The van der Waals surface area contributed by atoms with E-state index in [2.05, 4.69) is 22.2 Å². The normalized spacial score (nSPS) is 13.7. The smallest absolute Gasteiger partial charge is 0.0730 e. The number of ether oxygens (including phenoxy) is 1. The molecule has 1 fully saturated rings. The molecular formula is C22H38N2O. The molecule has 0 unspecified atom stereocenters. The van der Waals surface area contributed by atoms with Gasteiger partial charge >= 0.3 is 0 Å². The summed E-state index contributed by atoms with van der Waals surface area (Å²) in [6, 6.07) is 5.97. The summed E-state index contributed by atoms with van der Waals surface area (Å²) in [6.07, 6.45) is 15.5. The first-order valence-corrected chi connectivity index (χ1v) is 9.77. The molecule has 0 aliphatic heterocycles. The number of pyridine rings is 1. The van der Waals surface area contributed by atoms with Gasteiger partial charge in [0.05, 0.1) is 18.8 Å². The molecule has 0 amide bonds. The Balaban J connectivity index is 0.000000688. The summed E-state index contributed by atoms with van der Waals surface area (Å²) in [5.41, 5.74) is 2.23. The van der Waals surface area contributed by atoms with Crippen LogP contribution in [0.2, 0.25) is 0 Å². The van der Waals surface area contributed by atoms with Gasteiger partial charge < -0.3 is 9.64 Å². The average molecular weight is 347 g/mol. The molecule has 0 atom stereocenters. The molecule has 0 bridgehead atoms. The third-order valence-electron chi connectivity index (χ3n) is 3.63. The van der Waals surface area contributed by atoms with Crippen LogP contribution in [0.15, 0.2) is 48.3 Å². The Bertz CT molecular complexity index is 443. The van der Waals surface area contributed by atoms with Crippen LogP contribution in [-0.2, 0) is 11.3 Å². The van der Waals surface area contributed by atoms with Crippen molar-refractivity contribution < 1.29 is 4.74 Å². The van der Waals surface area contributed by atoms with Gasteiger partial charge in [-0.25, -0.2) is 0 Å². The van der Waals surface area contributed by atoms with Crippen molar-refractivity contribution in [2.24, 2.45) is 0 Å². The summed E-state index contributed by atoms with van der Waals surface area (Å²) in [4.78, 5) is 6.44. The highest BCUT2D eigenvalue weighted by molar-refractivity contribution is 5.18. The number of nitrogens with zero attached hydrogens (tertiary/aromatic N) is 2. The maximum absolute atomic E-state index is 5.44. The predicted octanol–water partition coefficient (Wildman–Crippen LogP) is 5.99. The summed E-state index contributed by atoms with van der Waals surface area (Å²) in [5.74, 6) is 0. The van der Waals surface area contributed by atoms with Gasteiger partial charge in [0.1, 0.15) is 0 Å². The third kappa shape index (κ3) is 13.4. The Morgan fingerprint density at radius 3 is 2.28 bits per heavy atom. The number of rotatable bonds is 7. The second-order valence-electron chi connectivity index (χ2n) is 5.85. The van der Waals surface area contributed by atoms with Gasteiger partial charge in [-0.3, -0.25) is 4.98 Å². The van der Waals surface area contributed by atoms with Crippen molar-refractivity contribution >= 4 is 0 Å². The minimum absolute atomic E-state index is 0.646. The zero-order valence-electron chi connectivity index (χ0n) is 17.0. The highest BCUT2D eigenvalue weighted by atomic mass is 16.5. The highest BCUT2D eigenvalue weighted by Crippen LogP contribution is 2.15. The molecule has 1 aliphatic rings. The molecule has 1 heterocycles. The van der Waals surface area contributed by atoms with E-state index < -0.39 is 0 Å². The van der Waals surface area contributed by atoms with Crippen LogP contribution in [0.3, 0.4) is 0 Å². The lowest BCUT2D eigenvalue weighted by molar-refractivity contribution is 0.171. The van der Waals surface area contributed by atoms with Crippen molar-refractivity contribution in [3.8, 4) is 0 Å². The summed E-state index contributed by atoms with van der Waals surface area (Å²) in [7, 11) is 2.05. The SMILES string of the molecule is C/C=C\C(=C/N(C)Cc1ccccn1)COCC.C1CCCC1.CC. The van der Waals surface area contributed by atoms with Crippen LogP contribution in [-0.4, -0.2) is 30.1 Å². The Morgan fingerprint density at radius 2 is 1.80 bits per heavy atom. The van der Waals surface area contributed by atoms with E-state index in [1.807, 2.05) is 65.2 Å². The van der Waals surface area contributed by atoms with Gasteiger partial charge in [0.15, 0.2) is 0 Å². The minimum Gasteiger partial charge on any atom is -0.377 e. The minimum atomic E-state index is 0.646. The summed E-state index contributed by atoms with van der Waals surface area (Å²) < 4.78 is 5.44. The first-order valence-electron chi connectivity index (χ1n) is 9.77. The molecule has 1 aromatic rings. The van der Waals surface area contributed by atoms with Crippen molar-refractivity contribution in [3.05, 3.63) is 54.0 Å². The molecule has 3 nitrogen and oxygen atoms in total. The van der Waals surface area contributed by atoms with Crippen LogP contribution in [0.25, 0.3) is 0 Å². The van der Waals surface area contributed by atoms with Gasteiger partial charge in [-0.15, -0.1) is 0 Å². The predicted molar refractivity (Wildman–Crippen MR) is 110 cm³/mol. The lowest BCUT2D eigenvalue weighted by atomic mass is 10.2. The van der Waals surface area contributed by atoms with E-state index in [1.54, 1.807) is 0 Å². The molecule has 0 saturated heterocycles. The Kier molecular flexibility index (Phi) is 16.1. The van der Waals surface area contributed by atoms with Crippen molar-refractivity contribution in [1.29, 1.82) is 0 Å². The number of allylic oxidation sites excluding steroid dienone is 1. The zero-order chi connectivity index (χ0) is 18.8. The van der Waals surface area contributed by atoms with E-state index in [1.165, 1.54) is 32.1 Å². The summed E-state index contributed by atoms with van der Waals surface area (Å²) in [5, 5.41) is 0. The molecule has 1 saturated carbocycles. The van der Waals surface area contributed by atoms with Gasteiger partial charge in [-0.05, 0) is 31.6 Å². The average Bonchev–Trinajstić information content (AvgIpc) is 3.22. The summed E-state index contributed by atoms with van der Waals surface area (Å²) >= 11 is 0. The first kappa shape index (κ1) is 23.4. The third-order valence-corrected chi connectivity index (χ3v) is 3.63. The Labute approximate surface area is 155 Å². The van der Waals surface area contributed by atoms with Crippen molar-refractivity contribution in [3.63, 3.8) is 0 Å². The Morgan fingerprint density at radius 1 is 1.16 bits per heavy atom. The fourth-order valence-corrected chi connectivity index (χ4v) is 2.52. The van der Waals surface area contributed by atoms with Gasteiger partial charge in [0.25, 0.3) is 0 Å². The molecule has 0 N–H and O–H groups in total. The number of hydrogen-bond acceptors (Lipinski definition) is 3. The lowest BCUT2D eigenvalue weighted by Gasteiger charge is -2.15. The van der Waals surface area contributed by atoms with Crippen molar-refractivity contribution in [2.45, 2.75) is 66.3 Å². The number of aromatic nitrogens is 1. The van der Waals surface area contributed by atoms with Crippen LogP contribution in [0.4, 0.5) is 0 Å². The highest BCUT2D eigenvalue weighted by Gasteiger charge is 1.99. The molecule has 1 aliphatic carbocycles. The molecule has 1 aromatic heterocycles. The van der Waals surface area contributed by atoms with E-state index in [0.717, 1.165) is 24.4 Å². The second kappa shape index (κ2) is 17.2. The van der Waals surface area contributed by atoms with Crippen molar-refractivity contribution in [1.82, 2.24) is 9.88 Å². The molecule has 3 heteroatoms.